The van der Waals surface area contributed by atoms with E-state index in [4.69, 9.17) is 9.47 Å². The number of nitrogens with one attached hydrogen (secondary N) is 1. The normalized spacial score (nSPS) is 23.6. The Hall–Kier alpha value is -1.46. The smallest absolute Gasteiger partial charge is 0.234 e. The quantitative estimate of drug-likeness (QED) is 0.698. The lowest BCUT2D eigenvalue weighted by Gasteiger charge is -2.15. The Morgan fingerprint density at radius 2 is 2.33 bits per heavy atom. The molecule has 2 aromatic rings. The molecule has 3 atom stereocenters. The van der Waals surface area contributed by atoms with Crippen LogP contribution in [0.15, 0.2) is 6.20 Å². The minimum Gasteiger partial charge on any atom is -0.480 e. The Bertz CT molecular complexity index is 778. The molecule has 1 aliphatic heterocycles. The number of methoxy groups -OCH3 is 1. The SMILES string of the molecule is CC[C@H]1O[C@@H](n2cc(I)c3c(OC)nc(NC(C)=O)nc32)C[C@H]1O. The molecule has 1 aliphatic rings. The molecule has 0 spiro atoms. The molecule has 0 radical (unpaired) electrons. The van der Waals surface area contributed by atoms with E-state index < -0.39 is 6.10 Å². The molecule has 1 saturated heterocycles. The second-order valence-electron chi connectivity index (χ2n) is 5.66. The molecule has 1 fully saturated rings. The molecule has 0 aromatic carbocycles. The predicted octanol–water partition coefficient (Wildman–Crippen LogP) is 2.06. The number of halogens is 1. The van der Waals surface area contributed by atoms with Gasteiger partial charge in [0.15, 0.2) is 5.65 Å². The van der Waals surface area contributed by atoms with Crippen molar-refractivity contribution in [3.63, 3.8) is 0 Å². The van der Waals surface area contributed by atoms with Gasteiger partial charge in [-0.25, -0.2) is 0 Å². The minimum atomic E-state index is -0.506. The topological polar surface area (TPSA) is 98.5 Å². The summed E-state index contributed by atoms with van der Waals surface area (Å²) in [6.45, 7) is 3.37. The first-order valence-corrected chi connectivity index (χ1v) is 8.75. The molecule has 3 heterocycles. The first kappa shape index (κ1) is 17.4. The van der Waals surface area contributed by atoms with Crippen molar-refractivity contribution in [2.45, 2.75) is 45.1 Å². The number of anilines is 1. The van der Waals surface area contributed by atoms with Crippen LogP contribution in [0.25, 0.3) is 11.0 Å². The first-order valence-electron chi connectivity index (χ1n) is 7.67. The van der Waals surface area contributed by atoms with Gasteiger partial charge in [0.2, 0.25) is 17.7 Å². The van der Waals surface area contributed by atoms with Gasteiger partial charge in [0.25, 0.3) is 0 Å². The highest BCUT2D eigenvalue weighted by molar-refractivity contribution is 14.1. The van der Waals surface area contributed by atoms with Crippen molar-refractivity contribution < 1.29 is 19.4 Å². The second-order valence-corrected chi connectivity index (χ2v) is 6.82. The van der Waals surface area contributed by atoms with E-state index in [-0.39, 0.29) is 24.2 Å². The van der Waals surface area contributed by atoms with Crippen LogP contribution in [0.4, 0.5) is 5.95 Å². The van der Waals surface area contributed by atoms with Crippen molar-refractivity contribution in [1.29, 1.82) is 0 Å². The van der Waals surface area contributed by atoms with Crippen LogP contribution in [0.5, 0.6) is 5.88 Å². The molecule has 0 bridgehead atoms. The average Bonchev–Trinajstić information content (AvgIpc) is 3.06. The number of hydrogen-bond donors (Lipinski definition) is 2. The fourth-order valence-corrected chi connectivity index (χ4v) is 3.68. The van der Waals surface area contributed by atoms with Crippen molar-refractivity contribution in [3.05, 3.63) is 9.77 Å². The molecular formula is C15H19IN4O4. The number of aromatic nitrogens is 3. The number of ether oxygens (including phenoxy) is 2. The number of carbonyl (C=O) groups is 1. The van der Waals surface area contributed by atoms with Gasteiger partial charge < -0.3 is 19.1 Å². The maximum Gasteiger partial charge on any atom is 0.234 e. The summed E-state index contributed by atoms with van der Waals surface area (Å²) in [6.07, 6.45) is 2.11. The van der Waals surface area contributed by atoms with Crippen LogP contribution in [-0.2, 0) is 9.53 Å². The predicted molar refractivity (Wildman–Crippen MR) is 95.9 cm³/mol. The van der Waals surface area contributed by atoms with Gasteiger partial charge in [-0.2, -0.15) is 9.97 Å². The zero-order chi connectivity index (χ0) is 17.4. The van der Waals surface area contributed by atoms with E-state index in [0.717, 1.165) is 15.4 Å². The maximum absolute atomic E-state index is 11.3. The molecule has 9 heteroatoms. The summed E-state index contributed by atoms with van der Waals surface area (Å²) in [5.41, 5.74) is 0.601. The van der Waals surface area contributed by atoms with Gasteiger partial charge in [-0.1, -0.05) is 6.92 Å². The number of aliphatic hydroxyl groups excluding tert-OH is 1. The van der Waals surface area contributed by atoms with E-state index in [0.29, 0.717) is 17.9 Å². The van der Waals surface area contributed by atoms with E-state index in [1.54, 1.807) is 0 Å². The standard InChI is InChI=1S/C15H19IN4O4/c1-4-10-9(22)5-11(24-10)20-6-8(16)12-13(20)18-15(17-7(2)21)19-14(12)23-3/h6,9-11,22H,4-5H2,1-3H3,(H,17,18,19,21)/t9-,10-,11-/m1/s1. The van der Waals surface area contributed by atoms with Crippen LogP contribution in [0, 0.1) is 3.57 Å². The molecule has 3 rings (SSSR count). The van der Waals surface area contributed by atoms with Crippen LogP contribution < -0.4 is 10.1 Å². The second kappa shape index (κ2) is 6.81. The summed E-state index contributed by atoms with van der Waals surface area (Å²) in [5.74, 6) is 0.300. The lowest BCUT2D eigenvalue weighted by Crippen LogP contribution is -2.19. The van der Waals surface area contributed by atoms with Gasteiger partial charge in [-0.05, 0) is 29.0 Å². The largest absolute Gasteiger partial charge is 0.480 e. The van der Waals surface area contributed by atoms with Crippen molar-refractivity contribution in [2.24, 2.45) is 0 Å². The van der Waals surface area contributed by atoms with E-state index in [1.807, 2.05) is 17.7 Å². The molecule has 2 aromatic heterocycles. The van der Waals surface area contributed by atoms with Crippen LogP contribution in [0.3, 0.4) is 0 Å². The van der Waals surface area contributed by atoms with E-state index in [9.17, 15) is 9.90 Å². The Morgan fingerprint density at radius 1 is 1.58 bits per heavy atom. The molecule has 0 saturated carbocycles. The number of rotatable bonds is 4. The minimum absolute atomic E-state index is 0.174. The van der Waals surface area contributed by atoms with Gasteiger partial charge >= 0.3 is 0 Å². The van der Waals surface area contributed by atoms with Crippen LogP contribution >= 0.6 is 22.6 Å². The van der Waals surface area contributed by atoms with Gasteiger partial charge in [-0.15, -0.1) is 0 Å². The highest BCUT2D eigenvalue weighted by atomic mass is 127. The monoisotopic (exact) mass is 446 g/mol. The van der Waals surface area contributed by atoms with Crippen molar-refractivity contribution in [1.82, 2.24) is 14.5 Å². The molecule has 24 heavy (non-hydrogen) atoms. The zero-order valence-corrected chi connectivity index (χ0v) is 15.8. The fraction of sp³-hybridized carbons (Fsp3) is 0.533. The number of fused-ring (bicyclic) bond motifs is 1. The van der Waals surface area contributed by atoms with Crippen LogP contribution in [-0.4, -0.2) is 44.9 Å². The third kappa shape index (κ3) is 3.07. The average molecular weight is 446 g/mol. The van der Waals surface area contributed by atoms with Crippen molar-refractivity contribution in [2.75, 3.05) is 12.4 Å². The Labute approximate surface area is 152 Å². The molecule has 2 N–H and O–H groups in total. The van der Waals surface area contributed by atoms with Gasteiger partial charge in [0.1, 0.15) is 6.23 Å². The molecule has 1 amide bonds. The molecule has 8 nitrogen and oxygen atoms in total. The highest BCUT2D eigenvalue weighted by Gasteiger charge is 2.35. The third-order valence-electron chi connectivity index (χ3n) is 3.99. The number of aliphatic hydroxyl groups is 1. The van der Waals surface area contributed by atoms with Crippen LogP contribution in [0.2, 0.25) is 0 Å². The lowest BCUT2D eigenvalue weighted by molar-refractivity contribution is -0.114. The van der Waals surface area contributed by atoms with E-state index in [1.165, 1.54) is 14.0 Å². The Balaban J connectivity index is 2.10. The molecule has 130 valence electrons. The Morgan fingerprint density at radius 3 is 2.92 bits per heavy atom. The third-order valence-corrected chi connectivity index (χ3v) is 4.81. The summed E-state index contributed by atoms with van der Waals surface area (Å²) >= 11 is 2.19. The van der Waals surface area contributed by atoms with E-state index >= 15 is 0 Å². The number of carbonyl (C=O) groups excluding carboxylic acids is 1. The van der Waals surface area contributed by atoms with Gasteiger partial charge in [-0.3, -0.25) is 10.1 Å². The fourth-order valence-electron chi connectivity index (χ4n) is 2.91. The molecule has 0 unspecified atom stereocenters. The zero-order valence-electron chi connectivity index (χ0n) is 13.6. The number of nitrogens with zero attached hydrogens (tertiary/aromatic N) is 3. The summed E-state index contributed by atoms with van der Waals surface area (Å²) in [5, 5.41) is 13.5. The highest BCUT2D eigenvalue weighted by Crippen LogP contribution is 2.37. The number of amides is 1. The van der Waals surface area contributed by atoms with E-state index in [2.05, 4.69) is 37.9 Å². The first-order chi connectivity index (χ1) is 11.4. The summed E-state index contributed by atoms with van der Waals surface area (Å²) in [6, 6.07) is 0. The summed E-state index contributed by atoms with van der Waals surface area (Å²) in [7, 11) is 1.52. The maximum atomic E-state index is 11.3. The number of hydrogen-bond acceptors (Lipinski definition) is 6. The molecule has 0 aliphatic carbocycles. The lowest BCUT2D eigenvalue weighted by atomic mass is 10.1. The Kier molecular flexibility index (Phi) is 4.92. The van der Waals surface area contributed by atoms with Crippen molar-refractivity contribution >= 4 is 45.5 Å². The van der Waals surface area contributed by atoms with Crippen molar-refractivity contribution in [3.8, 4) is 5.88 Å². The van der Waals surface area contributed by atoms with Gasteiger partial charge in [0.05, 0.1) is 24.7 Å². The molecular weight excluding hydrogens is 427 g/mol. The van der Waals surface area contributed by atoms with Gasteiger partial charge in [0, 0.05) is 23.1 Å². The van der Waals surface area contributed by atoms with Crippen LogP contribution in [0.1, 0.15) is 32.9 Å². The summed E-state index contributed by atoms with van der Waals surface area (Å²) < 4.78 is 14.1. The summed E-state index contributed by atoms with van der Waals surface area (Å²) in [4.78, 5) is 20.0.